The fourth-order valence-electron chi connectivity index (χ4n) is 1.21. The number of aliphatic carboxylic acids is 1. The molecular weight excluding hydrogens is 294 g/mol. The third-order valence-electron chi connectivity index (χ3n) is 2.44. The quantitative estimate of drug-likeness (QED) is 0.745. The first-order chi connectivity index (χ1) is 8.56. The van der Waals surface area contributed by atoms with E-state index < -0.39 is 28.1 Å². The van der Waals surface area contributed by atoms with Crippen molar-refractivity contribution < 1.29 is 23.4 Å². The van der Waals surface area contributed by atoms with Crippen LogP contribution in [0.25, 0.3) is 0 Å². The Bertz CT molecular complexity index is 597. The maximum absolute atomic E-state index is 11.9. The summed E-state index contributed by atoms with van der Waals surface area (Å²) in [6.45, 7) is 2.09. The van der Waals surface area contributed by atoms with Crippen molar-refractivity contribution in [3.05, 3.63) is 28.8 Å². The molecule has 6 nitrogen and oxygen atoms in total. The molecule has 0 heterocycles. The first kappa shape index (κ1) is 15.9. The summed E-state index contributed by atoms with van der Waals surface area (Å²) < 4.78 is 25.9. The molecule has 0 fully saturated rings. The van der Waals surface area contributed by atoms with Crippen molar-refractivity contribution in [2.45, 2.75) is 24.3 Å². The lowest BCUT2D eigenvalue weighted by Crippen LogP contribution is -2.46. The summed E-state index contributed by atoms with van der Waals surface area (Å²) in [6, 6.07) is 4.36. The van der Waals surface area contributed by atoms with Gasteiger partial charge in [0.15, 0.2) is 5.60 Å². The Balaban J connectivity index is 2.97. The van der Waals surface area contributed by atoms with E-state index in [4.69, 9.17) is 16.7 Å². The molecular formula is C11H14ClNO5S. The summed E-state index contributed by atoms with van der Waals surface area (Å²) in [5.74, 6) is -1.52. The highest BCUT2D eigenvalue weighted by Crippen LogP contribution is 2.22. The van der Waals surface area contributed by atoms with E-state index in [-0.39, 0.29) is 9.92 Å². The summed E-state index contributed by atoms with van der Waals surface area (Å²) in [6.07, 6.45) is 0. The predicted octanol–water partition coefficient (Wildman–Crippen LogP) is 0.762. The van der Waals surface area contributed by atoms with E-state index in [1.807, 2.05) is 4.72 Å². The molecule has 1 atom stereocenters. The van der Waals surface area contributed by atoms with Gasteiger partial charge in [-0.3, -0.25) is 0 Å². The summed E-state index contributed by atoms with van der Waals surface area (Å²) in [7, 11) is -3.98. The van der Waals surface area contributed by atoms with E-state index in [2.05, 4.69) is 0 Å². The van der Waals surface area contributed by atoms with Gasteiger partial charge in [0, 0.05) is 0 Å². The van der Waals surface area contributed by atoms with Crippen molar-refractivity contribution >= 4 is 27.6 Å². The van der Waals surface area contributed by atoms with Gasteiger partial charge in [-0.2, -0.15) is 0 Å². The predicted molar refractivity (Wildman–Crippen MR) is 69.6 cm³/mol. The van der Waals surface area contributed by atoms with E-state index in [1.54, 1.807) is 13.0 Å². The molecule has 1 aromatic carbocycles. The Kier molecular flexibility index (Phi) is 4.57. The minimum atomic E-state index is -3.98. The van der Waals surface area contributed by atoms with Crippen LogP contribution in [0, 0.1) is 6.92 Å². The minimum absolute atomic E-state index is 0.0301. The van der Waals surface area contributed by atoms with Crippen LogP contribution in [0.15, 0.2) is 23.1 Å². The molecule has 0 spiro atoms. The second kappa shape index (κ2) is 5.46. The highest BCUT2D eigenvalue weighted by Gasteiger charge is 2.32. The van der Waals surface area contributed by atoms with Gasteiger partial charge in [0.25, 0.3) is 0 Å². The van der Waals surface area contributed by atoms with E-state index in [0.29, 0.717) is 0 Å². The Labute approximate surface area is 116 Å². The number of carboxylic acid groups (broad SMARTS) is 1. The van der Waals surface area contributed by atoms with Crippen LogP contribution in [0.3, 0.4) is 0 Å². The Hall–Kier alpha value is -1.15. The number of halogens is 1. The smallest absolute Gasteiger partial charge is 0.336 e. The number of sulfonamides is 1. The lowest BCUT2D eigenvalue weighted by molar-refractivity contribution is -0.155. The van der Waals surface area contributed by atoms with Crippen LogP contribution < -0.4 is 4.72 Å². The monoisotopic (exact) mass is 307 g/mol. The molecule has 8 heteroatoms. The van der Waals surface area contributed by atoms with Crippen LogP contribution in [-0.4, -0.2) is 36.7 Å². The molecule has 106 valence electrons. The third kappa shape index (κ3) is 3.90. The lowest BCUT2D eigenvalue weighted by Gasteiger charge is -2.18. The maximum atomic E-state index is 11.9. The van der Waals surface area contributed by atoms with Crippen LogP contribution in [-0.2, 0) is 14.8 Å². The van der Waals surface area contributed by atoms with E-state index in [9.17, 15) is 18.3 Å². The largest absolute Gasteiger partial charge is 0.479 e. The van der Waals surface area contributed by atoms with E-state index >= 15 is 0 Å². The summed E-state index contributed by atoms with van der Waals surface area (Å²) in [4.78, 5) is 10.5. The molecule has 0 aliphatic carbocycles. The normalized spacial score (nSPS) is 14.9. The molecule has 0 saturated heterocycles. The zero-order valence-corrected chi connectivity index (χ0v) is 11.9. The Morgan fingerprint density at radius 1 is 1.47 bits per heavy atom. The summed E-state index contributed by atoms with van der Waals surface area (Å²) >= 11 is 5.83. The zero-order chi connectivity index (χ0) is 14.8. The summed E-state index contributed by atoms with van der Waals surface area (Å²) in [5.41, 5.74) is -1.40. The molecule has 0 aromatic heterocycles. The van der Waals surface area contributed by atoms with Gasteiger partial charge in [-0.15, -0.1) is 0 Å². The molecule has 0 radical (unpaired) electrons. The number of hydrogen-bond acceptors (Lipinski definition) is 4. The fourth-order valence-corrected chi connectivity index (χ4v) is 2.94. The molecule has 0 saturated carbocycles. The number of benzene rings is 1. The fraction of sp³-hybridized carbons (Fsp3) is 0.364. The van der Waals surface area contributed by atoms with Gasteiger partial charge < -0.3 is 10.2 Å². The maximum Gasteiger partial charge on any atom is 0.336 e. The van der Waals surface area contributed by atoms with E-state index in [1.165, 1.54) is 12.1 Å². The molecule has 3 N–H and O–H groups in total. The molecule has 1 rings (SSSR count). The number of rotatable bonds is 5. The second-order valence-electron chi connectivity index (χ2n) is 4.34. The van der Waals surface area contributed by atoms with Crippen LogP contribution in [0.4, 0.5) is 0 Å². The van der Waals surface area contributed by atoms with Crippen molar-refractivity contribution in [2.24, 2.45) is 0 Å². The summed E-state index contributed by atoms with van der Waals surface area (Å²) in [5, 5.41) is 18.2. The van der Waals surface area contributed by atoms with Crippen molar-refractivity contribution in [3.63, 3.8) is 0 Å². The Morgan fingerprint density at radius 2 is 2.05 bits per heavy atom. The molecule has 0 aliphatic rings. The molecule has 0 bridgehead atoms. The topological polar surface area (TPSA) is 104 Å². The van der Waals surface area contributed by atoms with Gasteiger partial charge in [-0.1, -0.05) is 17.7 Å². The van der Waals surface area contributed by atoms with Gasteiger partial charge in [0.1, 0.15) is 4.90 Å². The molecule has 0 amide bonds. The molecule has 1 aromatic rings. The van der Waals surface area contributed by atoms with Crippen LogP contribution >= 0.6 is 11.6 Å². The van der Waals surface area contributed by atoms with Crippen molar-refractivity contribution in [1.29, 1.82) is 0 Å². The zero-order valence-electron chi connectivity index (χ0n) is 10.3. The number of hydrogen-bond donors (Lipinski definition) is 3. The Morgan fingerprint density at radius 3 is 2.53 bits per heavy atom. The van der Waals surface area contributed by atoms with Crippen molar-refractivity contribution in [1.82, 2.24) is 4.72 Å². The van der Waals surface area contributed by atoms with Gasteiger partial charge >= 0.3 is 5.97 Å². The number of aliphatic hydroxyl groups is 1. The first-order valence-corrected chi connectivity index (χ1v) is 7.14. The van der Waals surface area contributed by atoms with Crippen molar-refractivity contribution in [2.75, 3.05) is 6.54 Å². The van der Waals surface area contributed by atoms with Crippen LogP contribution in [0.1, 0.15) is 12.5 Å². The number of nitrogens with one attached hydrogen (secondary N) is 1. The second-order valence-corrected chi connectivity index (χ2v) is 6.48. The van der Waals surface area contributed by atoms with Crippen molar-refractivity contribution in [3.8, 4) is 0 Å². The first-order valence-electron chi connectivity index (χ1n) is 5.28. The van der Waals surface area contributed by atoms with Gasteiger partial charge in [0.05, 0.1) is 11.6 Å². The van der Waals surface area contributed by atoms with E-state index in [0.717, 1.165) is 12.5 Å². The van der Waals surface area contributed by atoms with Gasteiger partial charge in [-0.05, 0) is 31.5 Å². The number of carboxylic acids is 1. The van der Waals surface area contributed by atoms with Crippen LogP contribution in [0.5, 0.6) is 0 Å². The lowest BCUT2D eigenvalue weighted by atomic mass is 10.1. The number of aryl methyl sites for hydroxylation is 1. The molecule has 0 aliphatic heterocycles. The average Bonchev–Trinajstić information content (AvgIpc) is 2.26. The minimum Gasteiger partial charge on any atom is -0.479 e. The molecule has 1 unspecified atom stereocenters. The van der Waals surface area contributed by atoms with Gasteiger partial charge in [0.2, 0.25) is 10.0 Å². The van der Waals surface area contributed by atoms with Gasteiger partial charge in [-0.25, -0.2) is 17.9 Å². The average molecular weight is 308 g/mol. The number of carbonyl (C=O) groups is 1. The highest BCUT2D eigenvalue weighted by atomic mass is 35.5. The third-order valence-corrected chi connectivity index (χ3v) is 4.33. The highest BCUT2D eigenvalue weighted by molar-refractivity contribution is 7.89. The standard InChI is InChI=1S/C11H14ClNO5S/c1-7-3-4-9(8(12)5-7)19(17,18)13-6-11(2,16)10(14)15/h3-5,13,16H,6H2,1-2H3,(H,14,15). The SMILES string of the molecule is Cc1ccc(S(=O)(=O)NCC(C)(O)C(=O)O)c(Cl)c1. The van der Waals surface area contributed by atoms with Crippen LogP contribution in [0.2, 0.25) is 5.02 Å². The molecule has 19 heavy (non-hydrogen) atoms.